The SMILES string of the molecule is CC(C)(C)c1cc2c3c(c1)-n1c4cc5c(cc4c4c(N(c6ccccc6)c6ccccc6)ccc(c41)B3n1c3ccc(C(C)(C)C)cc3c3cc(C(C)(C)C)cc-2c31)C(C)(C)CCC5(C)C. The van der Waals surface area contributed by atoms with E-state index in [2.05, 4.69) is 231 Å². The maximum absolute atomic E-state index is 2.76. The molecule has 0 fully saturated rings. The van der Waals surface area contributed by atoms with Crippen molar-refractivity contribution in [2.24, 2.45) is 0 Å². The lowest BCUT2D eigenvalue weighted by atomic mass is 9.45. The molecule has 1 aliphatic carbocycles. The maximum atomic E-state index is 2.76. The second kappa shape index (κ2) is 13.3. The van der Waals surface area contributed by atoms with Crippen LogP contribution in [0.2, 0.25) is 0 Å². The fraction of sp³-hybridized carbons (Fsp3) is 0.323. The molecule has 12 rings (SSSR count). The minimum Gasteiger partial charge on any atom is -0.375 e. The van der Waals surface area contributed by atoms with Crippen LogP contribution in [-0.4, -0.2) is 15.9 Å². The number of rotatable bonds is 3. The van der Waals surface area contributed by atoms with Crippen LogP contribution in [-0.2, 0) is 27.1 Å². The van der Waals surface area contributed by atoms with E-state index in [4.69, 9.17) is 0 Å². The van der Waals surface area contributed by atoms with E-state index < -0.39 is 0 Å². The van der Waals surface area contributed by atoms with Crippen molar-refractivity contribution in [2.75, 3.05) is 4.90 Å². The van der Waals surface area contributed by atoms with E-state index in [1.54, 1.807) is 0 Å². The second-order valence-electron chi connectivity index (χ2n) is 24.6. The molecular formula is C62H64BN3. The van der Waals surface area contributed by atoms with Crippen molar-refractivity contribution in [1.82, 2.24) is 9.05 Å². The average Bonchev–Trinajstić information content (AvgIpc) is 3.78. The van der Waals surface area contributed by atoms with Gasteiger partial charge in [-0.05, 0) is 157 Å². The number of nitrogens with zero attached hydrogens (tertiary/aromatic N) is 3. The Kier molecular flexibility index (Phi) is 8.37. The number of aromatic nitrogens is 2. The largest absolute Gasteiger partial charge is 0.375 e. The second-order valence-corrected chi connectivity index (χ2v) is 24.6. The number of benzene rings is 7. The van der Waals surface area contributed by atoms with Gasteiger partial charge in [-0.2, -0.15) is 0 Å². The molecule has 0 saturated heterocycles. The number of anilines is 3. The van der Waals surface area contributed by atoms with Crippen LogP contribution < -0.4 is 15.8 Å². The maximum Gasteiger partial charge on any atom is 0.333 e. The molecule has 0 unspecified atom stereocenters. The molecule has 3 nitrogen and oxygen atoms in total. The number of para-hydroxylation sites is 2. The number of hydrogen-bond acceptors (Lipinski definition) is 1. The van der Waals surface area contributed by atoms with E-state index in [1.165, 1.54) is 118 Å². The third-order valence-corrected chi connectivity index (χ3v) is 16.2. The molecular weight excluding hydrogens is 798 g/mol. The van der Waals surface area contributed by atoms with Crippen LogP contribution in [0.4, 0.5) is 17.1 Å². The molecule has 4 heterocycles. The Morgan fingerprint density at radius 1 is 0.500 bits per heavy atom. The molecule has 0 bridgehead atoms. The summed E-state index contributed by atoms with van der Waals surface area (Å²) in [5.41, 5.74) is 22.8. The normalized spacial score (nSPS) is 16.0. The summed E-state index contributed by atoms with van der Waals surface area (Å²) in [6, 6.07) is 49.9. The molecule has 0 spiro atoms. The van der Waals surface area contributed by atoms with Crippen molar-refractivity contribution >= 4 is 78.4 Å². The van der Waals surface area contributed by atoms with Crippen LogP contribution in [0, 0.1) is 0 Å². The van der Waals surface area contributed by atoms with Gasteiger partial charge in [0.1, 0.15) is 0 Å². The van der Waals surface area contributed by atoms with Crippen molar-refractivity contribution in [1.29, 1.82) is 0 Å². The fourth-order valence-corrected chi connectivity index (χ4v) is 12.2. The van der Waals surface area contributed by atoms with Crippen LogP contribution in [0.1, 0.15) is 131 Å². The predicted octanol–water partition coefficient (Wildman–Crippen LogP) is 15.6. The molecule has 4 heteroatoms. The molecule has 0 amide bonds. The van der Waals surface area contributed by atoms with Crippen molar-refractivity contribution in [2.45, 2.75) is 130 Å². The summed E-state index contributed by atoms with van der Waals surface area (Å²) < 4.78 is 5.50. The molecule has 2 aliphatic heterocycles. The Labute approximate surface area is 392 Å². The first kappa shape index (κ1) is 41.4. The van der Waals surface area contributed by atoms with Crippen molar-refractivity contribution in [3.05, 3.63) is 155 Å². The third kappa shape index (κ3) is 5.75. The number of hydrogen-bond donors (Lipinski definition) is 0. The molecule has 2 aromatic heterocycles. The summed E-state index contributed by atoms with van der Waals surface area (Å²) >= 11 is 0. The minimum absolute atomic E-state index is 0.0183. The Morgan fingerprint density at radius 3 is 1.67 bits per heavy atom. The van der Waals surface area contributed by atoms with Gasteiger partial charge in [-0.25, -0.2) is 0 Å². The first-order valence-corrected chi connectivity index (χ1v) is 24.5. The molecule has 0 atom stereocenters. The first-order valence-electron chi connectivity index (χ1n) is 24.5. The van der Waals surface area contributed by atoms with Crippen LogP contribution >= 0.6 is 0 Å². The Hall–Kier alpha value is -6.00. The van der Waals surface area contributed by atoms with E-state index in [0.717, 1.165) is 11.4 Å². The lowest BCUT2D eigenvalue weighted by Crippen LogP contribution is -2.55. The van der Waals surface area contributed by atoms with Gasteiger partial charge in [-0.15, -0.1) is 0 Å². The van der Waals surface area contributed by atoms with Gasteiger partial charge in [0.15, 0.2) is 0 Å². The Balaban J connectivity index is 1.31. The zero-order valence-corrected chi connectivity index (χ0v) is 41.5. The summed E-state index contributed by atoms with van der Waals surface area (Å²) in [5.74, 6) is 0. The third-order valence-electron chi connectivity index (χ3n) is 16.2. The van der Waals surface area contributed by atoms with E-state index >= 15 is 0 Å². The van der Waals surface area contributed by atoms with Crippen LogP contribution in [0.15, 0.2) is 127 Å². The number of fused-ring (bicyclic) bond motifs is 11. The zero-order valence-electron chi connectivity index (χ0n) is 41.5. The molecule has 0 N–H and O–H groups in total. The van der Waals surface area contributed by atoms with E-state index in [-0.39, 0.29) is 33.9 Å². The van der Waals surface area contributed by atoms with Crippen LogP contribution in [0.25, 0.3) is 60.4 Å². The topological polar surface area (TPSA) is 13.1 Å². The molecule has 0 radical (unpaired) electrons. The summed E-state index contributed by atoms with van der Waals surface area (Å²) in [7, 11) is 0. The fourth-order valence-electron chi connectivity index (χ4n) is 12.2. The van der Waals surface area contributed by atoms with Gasteiger partial charge in [0.25, 0.3) is 0 Å². The highest BCUT2D eigenvalue weighted by Gasteiger charge is 2.45. The van der Waals surface area contributed by atoms with E-state index in [1.807, 2.05) is 0 Å². The van der Waals surface area contributed by atoms with Crippen molar-refractivity contribution < 1.29 is 0 Å². The van der Waals surface area contributed by atoms with Gasteiger partial charge in [0, 0.05) is 55.2 Å². The van der Waals surface area contributed by atoms with Gasteiger partial charge in [-0.3, -0.25) is 0 Å². The highest BCUT2D eigenvalue weighted by Crippen LogP contribution is 2.53. The highest BCUT2D eigenvalue weighted by atomic mass is 15.1. The minimum atomic E-state index is -0.0830. The Bertz CT molecular complexity index is 3480. The smallest absolute Gasteiger partial charge is 0.333 e. The lowest BCUT2D eigenvalue weighted by Gasteiger charge is -2.42. The van der Waals surface area contributed by atoms with Gasteiger partial charge < -0.3 is 13.9 Å². The quantitative estimate of drug-likeness (QED) is 0.161. The van der Waals surface area contributed by atoms with Gasteiger partial charge >= 0.3 is 6.85 Å². The lowest BCUT2D eigenvalue weighted by molar-refractivity contribution is 0.332. The Morgan fingerprint density at radius 2 is 1.06 bits per heavy atom. The van der Waals surface area contributed by atoms with Gasteiger partial charge in [0.05, 0.1) is 16.7 Å². The monoisotopic (exact) mass is 862 g/mol. The summed E-state index contributed by atoms with van der Waals surface area (Å²) in [4.78, 5) is 2.51. The molecule has 66 heavy (non-hydrogen) atoms. The highest BCUT2D eigenvalue weighted by molar-refractivity contribution is 6.90. The van der Waals surface area contributed by atoms with Crippen LogP contribution in [0.5, 0.6) is 0 Å². The molecule has 330 valence electrons. The van der Waals surface area contributed by atoms with E-state index in [9.17, 15) is 0 Å². The van der Waals surface area contributed by atoms with Crippen LogP contribution in [0.3, 0.4) is 0 Å². The predicted molar refractivity (Wildman–Crippen MR) is 286 cm³/mol. The summed E-state index contributed by atoms with van der Waals surface area (Å²) in [6.07, 6.45) is 2.34. The summed E-state index contributed by atoms with van der Waals surface area (Å²) in [6.45, 7) is 31.2. The van der Waals surface area contributed by atoms with Gasteiger partial charge in [0.2, 0.25) is 0 Å². The average molecular weight is 862 g/mol. The summed E-state index contributed by atoms with van der Waals surface area (Å²) in [5, 5.41) is 5.37. The molecule has 3 aliphatic rings. The van der Waals surface area contributed by atoms with E-state index in [0.29, 0.717) is 0 Å². The standard InChI is InChI=1S/C62H64BN3/c1-58(2,3)37-24-26-50-42(30-37)44-32-38(59(4,5)6)33-45-43-31-39(60(7,8)9)34-53-55(43)63(66(50)56(44)45)49-25-27-51(64(40-20-16-14-17-21-40)41-22-18-15-19-23-41)54-46-35-47-48(36-52(46)65(53)57(49)54)62(12,13)29-28-61(47,10)11/h14-27,30-36H,28-29H2,1-13H3. The molecule has 7 aromatic carbocycles. The zero-order chi connectivity index (χ0) is 46.2. The van der Waals surface area contributed by atoms with Gasteiger partial charge in [-0.1, -0.05) is 145 Å². The molecule has 9 aromatic rings. The van der Waals surface area contributed by atoms with Crippen molar-refractivity contribution in [3.8, 4) is 16.8 Å². The van der Waals surface area contributed by atoms with Crippen molar-refractivity contribution in [3.63, 3.8) is 0 Å². The first-order chi connectivity index (χ1) is 31.1. The molecule has 0 saturated carbocycles.